The molecule has 0 radical (unpaired) electrons. The van der Waals surface area contributed by atoms with Crippen molar-refractivity contribution in [2.24, 2.45) is 0 Å². The maximum absolute atomic E-state index is 12.5. The minimum absolute atomic E-state index is 0.182. The lowest BCUT2D eigenvalue weighted by Crippen LogP contribution is -2.11. The van der Waals surface area contributed by atoms with Crippen molar-refractivity contribution in [1.82, 2.24) is 4.98 Å². The normalized spacial score (nSPS) is 10.9. The lowest BCUT2D eigenvalue weighted by Gasteiger charge is -2.07. The molecule has 7 heteroatoms. The number of amides is 1. The zero-order chi connectivity index (χ0) is 20.1. The van der Waals surface area contributed by atoms with Gasteiger partial charge < -0.3 is 9.47 Å². The van der Waals surface area contributed by atoms with E-state index in [0.717, 1.165) is 16.9 Å². The fourth-order valence-electron chi connectivity index (χ4n) is 2.48. The number of rotatable bonds is 7. The number of carbonyl (C=O) groups is 2. The van der Waals surface area contributed by atoms with Gasteiger partial charge in [-0.25, -0.2) is 9.78 Å². The quantitative estimate of drug-likeness (QED) is 0.573. The molecular weight excluding hydrogens is 376 g/mol. The Morgan fingerprint density at radius 1 is 1.11 bits per heavy atom. The number of nitrogens with one attached hydrogen (secondary N) is 1. The van der Waals surface area contributed by atoms with Gasteiger partial charge in [0.15, 0.2) is 5.13 Å². The highest BCUT2D eigenvalue weighted by atomic mass is 32.1. The standard InChI is InChI=1S/C21H22N2O4S/c1-4-11-26-16-8-5-14(6-9-16)19(24)23-21-22-17-10-7-15(12-18(17)28-21)20(25)27-13(2)3/h5-10,12-13H,4,11H2,1-3H3,(H,22,23,24). The van der Waals surface area contributed by atoms with Crippen LogP contribution in [0.2, 0.25) is 0 Å². The summed E-state index contributed by atoms with van der Waals surface area (Å²) in [5, 5.41) is 3.28. The van der Waals surface area contributed by atoms with Gasteiger partial charge in [-0.3, -0.25) is 10.1 Å². The molecule has 0 atom stereocenters. The Labute approximate surface area is 167 Å². The highest BCUT2D eigenvalue weighted by Crippen LogP contribution is 2.27. The van der Waals surface area contributed by atoms with E-state index in [-0.39, 0.29) is 18.0 Å². The SMILES string of the molecule is CCCOc1ccc(C(=O)Nc2nc3ccc(C(=O)OC(C)C)cc3s2)cc1. The minimum Gasteiger partial charge on any atom is -0.494 e. The van der Waals surface area contributed by atoms with Crippen molar-refractivity contribution in [3.8, 4) is 5.75 Å². The largest absolute Gasteiger partial charge is 0.494 e. The van der Waals surface area contributed by atoms with Gasteiger partial charge in [-0.15, -0.1) is 0 Å². The molecule has 28 heavy (non-hydrogen) atoms. The van der Waals surface area contributed by atoms with Gasteiger partial charge in [-0.05, 0) is 62.7 Å². The molecule has 3 rings (SSSR count). The summed E-state index contributed by atoms with van der Waals surface area (Å²) in [7, 11) is 0. The number of anilines is 1. The molecule has 146 valence electrons. The van der Waals surface area contributed by atoms with Crippen molar-refractivity contribution in [2.45, 2.75) is 33.3 Å². The number of hydrogen-bond acceptors (Lipinski definition) is 6. The summed E-state index contributed by atoms with van der Waals surface area (Å²) in [5.41, 5.74) is 1.69. The molecule has 0 bridgehead atoms. The summed E-state index contributed by atoms with van der Waals surface area (Å²) in [6, 6.07) is 12.1. The van der Waals surface area contributed by atoms with Gasteiger partial charge in [0.1, 0.15) is 5.75 Å². The van der Waals surface area contributed by atoms with Gasteiger partial charge in [-0.1, -0.05) is 18.3 Å². The highest BCUT2D eigenvalue weighted by molar-refractivity contribution is 7.22. The molecule has 0 saturated carbocycles. The van der Waals surface area contributed by atoms with Crippen molar-refractivity contribution in [3.05, 3.63) is 53.6 Å². The van der Waals surface area contributed by atoms with Crippen LogP contribution < -0.4 is 10.1 Å². The Morgan fingerprint density at radius 3 is 2.50 bits per heavy atom. The number of benzene rings is 2. The van der Waals surface area contributed by atoms with E-state index < -0.39 is 0 Å². The van der Waals surface area contributed by atoms with Gasteiger partial charge in [0.05, 0.1) is 28.5 Å². The third-order valence-electron chi connectivity index (χ3n) is 3.78. The first kappa shape index (κ1) is 19.8. The zero-order valence-corrected chi connectivity index (χ0v) is 16.8. The lowest BCUT2D eigenvalue weighted by atomic mass is 10.2. The predicted octanol–water partition coefficient (Wildman–Crippen LogP) is 4.90. The molecule has 6 nitrogen and oxygen atoms in total. The Morgan fingerprint density at radius 2 is 1.82 bits per heavy atom. The van der Waals surface area contributed by atoms with Crippen LogP contribution in [0.5, 0.6) is 5.75 Å². The molecule has 0 fully saturated rings. The van der Waals surface area contributed by atoms with Crippen molar-refractivity contribution in [1.29, 1.82) is 0 Å². The number of carbonyl (C=O) groups excluding carboxylic acids is 2. The molecule has 0 aliphatic rings. The van der Waals surface area contributed by atoms with Crippen LogP contribution in [0.4, 0.5) is 5.13 Å². The molecule has 0 unspecified atom stereocenters. The number of aromatic nitrogens is 1. The van der Waals surface area contributed by atoms with Crippen molar-refractivity contribution in [2.75, 3.05) is 11.9 Å². The number of ether oxygens (including phenoxy) is 2. The van der Waals surface area contributed by atoms with Crippen LogP contribution in [0, 0.1) is 0 Å². The minimum atomic E-state index is -0.374. The monoisotopic (exact) mass is 398 g/mol. The third kappa shape index (κ3) is 4.86. The maximum Gasteiger partial charge on any atom is 0.338 e. The molecule has 1 aromatic heterocycles. The van der Waals surface area contributed by atoms with E-state index in [1.54, 1.807) is 56.3 Å². The van der Waals surface area contributed by atoms with E-state index >= 15 is 0 Å². The smallest absolute Gasteiger partial charge is 0.338 e. The van der Waals surface area contributed by atoms with Gasteiger partial charge >= 0.3 is 5.97 Å². The van der Waals surface area contributed by atoms with Crippen LogP contribution in [0.3, 0.4) is 0 Å². The molecule has 1 N–H and O–H groups in total. The number of hydrogen-bond donors (Lipinski definition) is 1. The van der Waals surface area contributed by atoms with Crippen LogP contribution in [0.25, 0.3) is 10.2 Å². The second-order valence-corrected chi connectivity index (χ2v) is 7.51. The summed E-state index contributed by atoms with van der Waals surface area (Å²) in [4.78, 5) is 28.9. The molecule has 1 amide bonds. The average molecular weight is 398 g/mol. The first-order valence-corrected chi connectivity index (χ1v) is 9.93. The van der Waals surface area contributed by atoms with Crippen LogP contribution >= 0.6 is 11.3 Å². The van der Waals surface area contributed by atoms with Crippen LogP contribution in [0.1, 0.15) is 47.9 Å². The van der Waals surface area contributed by atoms with Crippen LogP contribution in [0.15, 0.2) is 42.5 Å². The number of fused-ring (bicyclic) bond motifs is 1. The Balaban J connectivity index is 1.71. The predicted molar refractivity (Wildman–Crippen MR) is 110 cm³/mol. The number of nitrogens with zero attached hydrogens (tertiary/aromatic N) is 1. The van der Waals surface area contributed by atoms with Gasteiger partial charge in [0.2, 0.25) is 0 Å². The van der Waals surface area contributed by atoms with E-state index in [2.05, 4.69) is 10.3 Å². The van der Waals surface area contributed by atoms with E-state index in [0.29, 0.717) is 28.4 Å². The van der Waals surface area contributed by atoms with E-state index in [4.69, 9.17) is 9.47 Å². The highest BCUT2D eigenvalue weighted by Gasteiger charge is 2.14. The molecule has 0 spiro atoms. The molecule has 1 heterocycles. The zero-order valence-electron chi connectivity index (χ0n) is 16.0. The number of esters is 1. The Kier molecular flexibility index (Phi) is 6.26. The second kappa shape index (κ2) is 8.84. The molecule has 0 aliphatic carbocycles. The fourth-order valence-corrected chi connectivity index (χ4v) is 3.38. The first-order valence-electron chi connectivity index (χ1n) is 9.12. The fraction of sp³-hybridized carbons (Fsp3) is 0.286. The molecule has 3 aromatic rings. The summed E-state index contributed by atoms with van der Waals surface area (Å²) in [6.45, 7) is 6.29. The van der Waals surface area contributed by atoms with Gasteiger partial charge in [0.25, 0.3) is 5.91 Å². The summed E-state index contributed by atoms with van der Waals surface area (Å²) >= 11 is 1.31. The number of thiazole rings is 1. The van der Waals surface area contributed by atoms with Crippen LogP contribution in [-0.2, 0) is 4.74 Å². The topological polar surface area (TPSA) is 77.5 Å². The third-order valence-corrected chi connectivity index (χ3v) is 4.71. The molecule has 0 aliphatic heterocycles. The Hall–Kier alpha value is -2.93. The van der Waals surface area contributed by atoms with E-state index in [9.17, 15) is 9.59 Å². The van der Waals surface area contributed by atoms with E-state index in [1.807, 2.05) is 6.92 Å². The molecular formula is C21H22N2O4S. The maximum atomic E-state index is 12.5. The molecule has 0 saturated heterocycles. The second-order valence-electron chi connectivity index (χ2n) is 6.48. The van der Waals surface area contributed by atoms with Crippen molar-refractivity contribution >= 4 is 38.6 Å². The van der Waals surface area contributed by atoms with Gasteiger partial charge in [0, 0.05) is 5.56 Å². The molecule has 2 aromatic carbocycles. The van der Waals surface area contributed by atoms with E-state index in [1.165, 1.54) is 11.3 Å². The first-order chi connectivity index (χ1) is 13.5. The summed E-state index contributed by atoms with van der Waals surface area (Å²) in [6.07, 6.45) is 0.745. The van der Waals surface area contributed by atoms with Crippen LogP contribution in [-0.4, -0.2) is 29.6 Å². The van der Waals surface area contributed by atoms with Crippen molar-refractivity contribution in [3.63, 3.8) is 0 Å². The average Bonchev–Trinajstić information content (AvgIpc) is 3.07. The summed E-state index contributed by atoms with van der Waals surface area (Å²) < 4.78 is 11.5. The summed E-state index contributed by atoms with van der Waals surface area (Å²) in [5.74, 6) is 0.112. The Bertz CT molecular complexity index is 980. The lowest BCUT2D eigenvalue weighted by molar-refractivity contribution is 0.0378. The van der Waals surface area contributed by atoms with Crippen molar-refractivity contribution < 1.29 is 19.1 Å². The van der Waals surface area contributed by atoms with Gasteiger partial charge in [-0.2, -0.15) is 0 Å².